The number of nitrogen functional groups attached to an aromatic ring is 1. The van der Waals surface area contributed by atoms with Gasteiger partial charge in [0.2, 0.25) is 11.8 Å². The van der Waals surface area contributed by atoms with Crippen LogP contribution in [-0.4, -0.2) is 58.6 Å². The Morgan fingerprint density at radius 1 is 1.23 bits per heavy atom. The van der Waals surface area contributed by atoms with E-state index < -0.39 is 23.5 Å². The maximum Gasteiger partial charge on any atom is 0.416 e. The van der Waals surface area contributed by atoms with Gasteiger partial charge in [-0.05, 0) is 62.1 Å². The number of pyridine rings is 1. The number of amides is 2. The van der Waals surface area contributed by atoms with E-state index in [0.29, 0.717) is 54.0 Å². The average molecular weight is 621 g/mol. The first-order valence-electron chi connectivity index (χ1n) is 14.9. The first-order valence-corrected chi connectivity index (χ1v) is 15.3. The number of cyclic esters (lactones) is 1. The van der Waals surface area contributed by atoms with E-state index in [0.717, 1.165) is 22.3 Å². The second kappa shape index (κ2) is 12.6. The third kappa shape index (κ3) is 6.33. The first kappa shape index (κ1) is 31.6. The number of aromatic nitrogens is 1. The summed E-state index contributed by atoms with van der Waals surface area (Å²) in [6, 6.07) is 13.9. The van der Waals surface area contributed by atoms with E-state index in [2.05, 4.69) is 42.8 Å². The molecule has 44 heavy (non-hydrogen) atoms. The van der Waals surface area contributed by atoms with Gasteiger partial charge in [-0.1, -0.05) is 48.9 Å². The van der Waals surface area contributed by atoms with Crippen LogP contribution in [0.5, 0.6) is 5.88 Å². The van der Waals surface area contributed by atoms with Crippen LogP contribution < -0.4 is 21.3 Å². The van der Waals surface area contributed by atoms with Gasteiger partial charge >= 0.3 is 6.09 Å². The zero-order chi connectivity index (χ0) is 31.8. The zero-order valence-corrected chi connectivity index (χ0v) is 26.7. The predicted molar refractivity (Wildman–Crippen MR) is 171 cm³/mol. The number of nitrogens with two attached hydrogens (primary N) is 2. The lowest BCUT2D eigenvalue weighted by molar-refractivity contribution is -0.131. The Hall–Kier alpha value is -3.86. The Kier molecular flexibility index (Phi) is 9.06. The SMILES string of the molecule is CCN(N)c1ccc(C(c2ccc(C)c(CN3Cc4cccnc4OC(C)(C)C3)c2)C(C)C(=O)N2CCOC2=O)c(Cl)c1N. The number of nitrogens with zero attached hydrogens (tertiary/aromatic N) is 4. The number of hydrogen-bond donors (Lipinski definition) is 2. The molecule has 234 valence electrons. The van der Waals surface area contributed by atoms with Gasteiger partial charge in [0.15, 0.2) is 0 Å². The fourth-order valence-corrected chi connectivity index (χ4v) is 6.43. The molecule has 2 aromatic carbocycles. The van der Waals surface area contributed by atoms with Crippen molar-refractivity contribution in [3.05, 3.63) is 81.5 Å². The number of hydrogen-bond acceptors (Lipinski definition) is 9. The van der Waals surface area contributed by atoms with Gasteiger partial charge in [0, 0.05) is 49.8 Å². The topological polar surface area (TPSA) is 127 Å². The van der Waals surface area contributed by atoms with Crippen molar-refractivity contribution in [3.63, 3.8) is 0 Å². The summed E-state index contributed by atoms with van der Waals surface area (Å²) in [6.45, 7) is 12.9. The zero-order valence-electron chi connectivity index (χ0n) is 26.0. The minimum absolute atomic E-state index is 0.178. The summed E-state index contributed by atoms with van der Waals surface area (Å²) in [5, 5.41) is 1.86. The smallest absolute Gasteiger partial charge is 0.416 e. The van der Waals surface area contributed by atoms with Crippen LogP contribution in [0.25, 0.3) is 0 Å². The molecule has 0 spiro atoms. The lowest BCUT2D eigenvalue weighted by Crippen LogP contribution is -2.40. The van der Waals surface area contributed by atoms with Crippen LogP contribution in [0, 0.1) is 12.8 Å². The van der Waals surface area contributed by atoms with E-state index >= 15 is 0 Å². The predicted octanol–water partition coefficient (Wildman–Crippen LogP) is 5.25. The quantitative estimate of drug-likeness (QED) is 0.197. The van der Waals surface area contributed by atoms with E-state index in [1.807, 2.05) is 44.2 Å². The third-order valence-electron chi connectivity index (χ3n) is 8.44. The number of carbonyl (C=O) groups excluding carboxylic acids is 2. The van der Waals surface area contributed by atoms with E-state index in [9.17, 15) is 9.59 Å². The third-order valence-corrected chi connectivity index (χ3v) is 8.86. The normalized spacial score (nSPS) is 17.7. The standard InChI is InChI=1S/C33H41ClN6O4/c1-6-40(36)26-12-11-25(28(34)29(26)35)27(21(3)31(41)39-14-15-43-32(39)42)22-10-9-20(2)24(16-22)18-38-17-23-8-7-13-37-30(23)44-33(4,5)19-38/h7-13,16,21,27H,6,14-15,17-19,35-36H2,1-5H3. The molecule has 1 saturated heterocycles. The highest BCUT2D eigenvalue weighted by molar-refractivity contribution is 6.34. The number of hydrazine groups is 1. The molecule has 5 rings (SSSR count). The number of anilines is 2. The molecule has 1 fully saturated rings. The average Bonchev–Trinajstić information content (AvgIpc) is 3.36. The summed E-state index contributed by atoms with van der Waals surface area (Å²) in [5.74, 6) is 5.34. The van der Waals surface area contributed by atoms with E-state index in [1.165, 1.54) is 9.91 Å². The Morgan fingerprint density at radius 3 is 2.70 bits per heavy atom. The van der Waals surface area contributed by atoms with Crippen LogP contribution in [0.1, 0.15) is 61.4 Å². The largest absolute Gasteiger partial charge is 0.470 e. The van der Waals surface area contributed by atoms with Crippen molar-refractivity contribution in [2.45, 2.75) is 59.2 Å². The van der Waals surface area contributed by atoms with Crippen molar-refractivity contribution in [3.8, 4) is 5.88 Å². The molecule has 3 aromatic rings. The summed E-state index contributed by atoms with van der Waals surface area (Å²) in [4.78, 5) is 34.1. The van der Waals surface area contributed by atoms with Crippen LogP contribution in [0.15, 0.2) is 48.7 Å². The second-order valence-electron chi connectivity index (χ2n) is 12.2. The van der Waals surface area contributed by atoms with Gasteiger partial charge in [-0.2, -0.15) is 0 Å². The highest BCUT2D eigenvalue weighted by Gasteiger charge is 2.38. The molecule has 2 unspecified atom stereocenters. The molecule has 0 aliphatic carbocycles. The fraction of sp³-hybridized carbons (Fsp3) is 0.424. The number of rotatable bonds is 8. The van der Waals surface area contributed by atoms with Gasteiger partial charge in [-0.15, -0.1) is 0 Å². The van der Waals surface area contributed by atoms with Crippen LogP contribution in [0.4, 0.5) is 16.2 Å². The van der Waals surface area contributed by atoms with Crippen molar-refractivity contribution >= 4 is 35.0 Å². The van der Waals surface area contributed by atoms with Crippen molar-refractivity contribution < 1.29 is 19.1 Å². The molecule has 2 amide bonds. The molecule has 0 bridgehead atoms. The summed E-state index contributed by atoms with van der Waals surface area (Å²) in [6.07, 6.45) is 1.12. The first-order chi connectivity index (χ1) is 20.9. The molecular weight excluding hydrogens is 580 g/mol. The fourth-order valence-electron chi connectivity index (χ4n) is 6.15. The molecule has 2 aliphatic heterocycles. The summed E-state index contributed by atoms with van der Waals surface area (Å²) >= 11 is 6.95. The lowest BCUT2D eigenvalue weighted by Gasteiger charge is -2.31. The molecule has 0 radical (unpaired) electrons. The van der Waals surface area contributed by atoms with Gasteiger partial charge < -0.3 is 20.2 Å². The minimum Gasteiger partial charge on any atom is -0.470 e. The van der Waals surface area contributed by atoms with Gasteiger partial charge in [-0.25, -0.2) is 20.5 Å². The van der Waals surface area contributed by atoms with Crippen LogP contribution in [0.3, 0.4) is 0 Å². The molecule has 2 aliphatic rings. The van der Waals surface area contributed by atoms with E-state index in [4.69, 9.17) is 32.7 Å². The molecule has 0 saturated carbocycles. The lowest BCUT2D eigenvalue weighted by atomic mass is 9.79. The summed E-state index contributed by atoms with van der Waals surface area (Å²) in [7, 11) is 0. The Bertz CT molecular complexity index is 1560. The van der Waals surface area contributed by atoms with Gasteiger partial charge in [0.1, 0.15) is 12.2 Å². The Balaban J connectivity index is 1.55. The molecule has 11 heteroatoms. The molecule has 10 nitrogen and oxygen atoms in total. The number of ether oxygens (including phenoxy) is 2. The number of fused-ring (bicyclic) bond motifs is 1. The molecule has 2 atom stereocenters. The Morgan fingerprint density at radius 2 is 2.00 bits per heavy atom. The number of imide groups is 1. The van der Waals surface area contributed by atoms with Crippen molar-refractivity contribution in [2.75, 3.05) is 37.0 Å². The van der Waals surface area contributed by atoms with Crippen LogP contribution >= 0.6 is 11.6 Å². The Labute approximate surface area is 263 Å². The highest BCUT2D eigenvalue weighted by Crippen LogP contribution is 2.43. The van der Waals surface area contributed by atoms with Gasteiger partial charge in [-0.3, -0.25) is 9.69 Å². The number of carbonyl (C=O) groups is 2. The summed E-state index contributed by atoms with van der Waals surface area (Å²) < 4.78 is 11.3. The van der Waals surface area contributed by atoms with E-state index in [1.54, 1.807) is 6.20 Å². The molecular formula is C33H41ClN6O4. The monoisotopic (exact) mass is 620 g/mol. The van der Waals surface area contributed by atoms with Crippen molar-refractivity contribution in [1.82, 2.24) is 14.8 Å². The van der Waals surface area contributed by atoms with E-state index in [-0.39, 0.29) is 19.1 Å². The van der Waals surface area contributed by atoms with Gasteiger partial charge in [0.25, 0.3) is 0 Å². The minimum atomic E-state index is -0.650. The summed E-state index contributed by atoms with van der Waals surface area (Å²) in [5.41, 5.74) is 11.8. The molecule has 4 N–H and O–H groups in total. The van der Waals surface area contributed by atoms with Crippen LogP contribution in [-0.2, 0) is 22.6 Å². The maximum atomic E-state index is 13.8. The van der Waals surface area contributed by atoms with Gasteiger partial charge in [0.05, 0.1) is 22.9 Å². The second-order valence-corrected chi connectivity index (χ2v) is 12.6. The number of halogens is 1. The maximum absolute atomic E-state index is 13.8. The highest BCUT2D eigenvalue weighted by atomic mass is 35.5. The van der Waals surface area contributed by atoms with Crippen molar-refractivity contribution in [2.24, 2.45) is 11.8 Å². The molecule has 1 aromatic heterocycles. The number of aryl methyl sites for hydroxylation is 1. The van der Waals surface area contributed by atoms with Crippen molar-refractivity contribution in [1.29, 1.82) is 0 Å². The van der Waals surface area contributed by atoms with Crippen LogP contribution in [0.2, 0.25) is 5.02 Å². The number of benzene rings is 2. The molecule has 3 heterocycles.